The maximum atomic E-state index is 11.8. The van der Waals surface area contributed by atoms with Gasteiger partial charge in [0, 0.05) is 23.7 Å². The molecule has 0 aliphatic rings. The molecule has 1 aromatic carbocycles. The number of carbonyl (C=O) groups is 3. The van der Waals surface area contributed by atoms with Crippen molar-refractivity contribution in [2.45, 2.75) is 6.42 Å². The van der Waals surface area contributed by atoms with Crippen LogP contribution >= 0.6 is 11.6 Å². The summed E-state index contributed by atoms with van der Waals surface area (Å²) in [5.74, 6) is -2.05. The Balaban J connectivity index is 2.48. The first-order valence-electron chi connectivity index (χ1n) is 6.14. The average Bonchev–Trinajstić information content (AvgIpc) is 2.34. The number of anilines is 1. The highest BCUT2D eigenvalue weighted by Gasteiger charge is 2.14. The molecule has 0 bridgehead atoms. The molecular formula is C13H16ClN3O4. The van der Waals surface area contributed by atoms with Crippen molar-refractivity contribution in [3.63, 3.8) is 0 Å². The van der Waals surface area contributed by atoms with Crippen LogP contribution in [0.15, 0.2) is 24.3 Å². The maximum Gasteiger partial charge on any atom is 0.317 e. The summed E-state index contributed by atoms with van der Waals surface area (Å²) in [6.45, 7) is -0.453. The zero-order valence-corrected chi connectivity index (χ0v) is 12.0. The minimum absolute atomic E-state index is 0.0348. The molecule has 0 saturated carbocycles. The molecule has 1 rings (SSSR count). The predicted octanol–water partition coefficient (Wildman–Crippen LogP) is 0.541. The zero-order valence-electron chi connectivity index (χ0n) is 11.2. The van der Waals surface area contributed by atoms with Gasteiger partial charge in [-0.1, -0.05) is 17.7 Å². The monoisotopic (exact) mass is 313 g/mol. The van der Waals surface area contributed by atoms with Crippen molar-refractivity contribution in [2.75, 3.05) is 25.0 Å². The number of halogens is 1. The SMILES string of the molecule is NC(=O)CN(CCC(=O)Nc1cccc(Cl)c1)CC(=O)O. The van der Waals surface area contributed by atoms with Gasteiger partial charge < -0.3 is 16.2 Å². The molecule has 0 saturated heterocycles. The average molecular weight is 314 g/mol. The van der Waals surface area contributed by atoms with Crippen molar-refractivity contribution < 1.29 is 19.5 Å². The summed E-state index contributed by atoms with van der Waals surface area (Å²) < 4.78 is 0. The summed E-state index contributed by atoms with van der Waals surface area (Å²) in [6.07, 6.45) is 0.0348. The van der Waals surface area contributed by atoms with Gasteiger partial charge >= 0.3 is 5.97 Å². The van der Waals surface area contributed by atoms with Crippen LogP contribution in [0.4, 0.5) is 5.69 Å². The Labute approximate surface area is 126 Å². The summed E-state index contributed by atoms with van der Waals surface area (Å²) in [4.78, 5) is 34.5. The highest BCUT2D eigenvalue weighted by atomic mass is 35.5. The molecule has 0 fully saturated rings. The molecule has 0 aliphatic carbocycles. The first kappa shape index (κ1) is 16.9. The molecule has 4 N–H and O–H groups in total. The van der Waals surface area contributed by atoms with E-state index >= 15 is 0 Å². The molecular weight excluding hydrogens is 298 g/mol. The number of nitrogens with zero attached hydrogens (tertiary/aromatic N) is 1. The van der Waals surface area contributed by atoms with Crippen molar-refractivity contribution in [2.24, 2.45) is 5.73 Å². The fraction of sp³-hybridized carbons (Fsp3) is 0.308. The summed E-state index contributed by atoms with van der Waals surface area (Å²) >= 11 is 5.79. The van der Waals surface area contributed by atoms with Gasteiger partial charge in [-0.3, -0.25) is 19.3 Å². The number of primary amides is 1. The number of amides is 2. The van der Waals surface area contributed by atoms with Gasteiger partial charge in [-0.2, -0.15) is 0 Å². The van der Waals surface area contributed by atoms with Crippen molar-refractivity contribution >= 4 is 35.1 Å². The summed E-state index contributed by atoms with van der Waals surface area (Å²) in [7, 11) is 0. The van der Waals surface area contributed by atoms with E-state index in [1.807, 2.05) is 0 Å². The number of aliphatic carboxylic acids is 1. The molecule has 1 aromatic rings. The van der Waals surface area contributed by atoms with Gasteiger partial charge in [0.15, 0.2) is 0 Å². The molecule has 0 unspecified atom stereocenters. The Kier molecular flexibility index (Phi) is 6.64. The van der Waals surface area contributed by atoms with Crippen LogP contribution < -0.4 is 11.1 Å². The van der Waals surface area contributed by atoms with Crippen LogP contribution in [0.1, 0.15) is 6.42 Å². The highest BCUT2D eigenvalue weighted by molar-refractivity contribution is 6.30. The number of carboxylic acids is 1. The number of nitrogens with two attached hydrogens (primary N) is 1. The lowest BCUT2D eigenvalue weighted by molar-refractivity contribution is -0.139. The van der Waals surface area contributed by atoms with Crippen molar-refractivity contribution in [1.29, 1.82) is 0 Å². The normalized spacial score (nSPS) is 10.4. The van der Waals surface area contributed by atoms with E-state index in [2.05, 4.69) is 5.32 Å². The van der Waals surface area contributed by atoms with Crippen LogP contribution in [0.25, 0.3) is 0 Å². The minimum atomic E-state index is -1.09. The largest absolute Gasteiger partial charge is 0.480 e. The van der Waals surface area contributed by atoms with Crippen molar-refractivity contribution in [1.82, 2.24) is 4.90 Å². The standard InChI is InChI=1S/C13H16ClN3O4/c14-9-2-1-3-10(6-9)16-12(19)4-5-17(7-11(15)18)8-13(20)21/h1-3,6H,4-5,7-8H2,(H2,15,18)(H,16,19)(H,20,21). The molecule has 8 heteroatoms. The Morgan fingerprint density at radius 1 is 1.29 bits per heavy atom. The zero-order chi connectivity index (χ0) is 15.8. The van der Waals surface area contributed by atoms with Gasteiger partial charge in [-0.25, -0.2) is 0 Å². The first-order valence-corrected chi connectivity index (χ1v) is 6.52. The van der Waals surface area contributed by atoms with E-state index in [0.29, 0.717) is 10.7 Å². The highest BCUT2D eigenvalue weighted by Crippen LogP contribution is 2.14. The number of carbonyl (C=O) groups excluding carboxylic acids is 2. The second-order valence-electron chi connectivity index (χ2n) is 4.38. The number of hydrogen-bond donors (Lipinski definition) is 3. The summed E-state index contributed by atoms with van der Waals surface area (Å²) in [5.41, 5.74) is 5.58. The van der Waals surface area contributed by atoms with Gasteiger partial charge in [0.25, 0.3) is 0 Å². The van der Waals surface area contributed by atoms with Crippen molar-refractivity contribution in [3.8, 4) is 0 Å². The molecule has 0 heterocycles. The molecule has 114 valence electrons. The lowest BCUT2D eigenvalue weighted by Crippen LogP contribution is -2.39. The minimum Gasteiger partial charge on any atom is -0.480 e. The van der Waals surface area contributed by atoms with E-state index in [0.717, 1.165) is 0 Å². The molecule has 0 spiro atoms. The van der Waals surface area contributed by atoms with Crippen LogP contribution in [0.2, 0.25) is 5.02 Å². The third kappa shape index (κ3) is 7.28. The quantitative estimate of drug-likeness (QED) is 0.648. The number of benzene rings is 1. The molecule has 7 nitrogen and oxygen atoms in total. The molecule has 0 radical (unpaired) electrons. The van der Waals surface area contributed by atoms with Gasteiger partial charge in [-0.15, -0.1) is 0 Å². The van der Waals surface area contributed by atoms with E-state index in [1.165, 1.54) is 4.90 Å². The van der Waals surface area contributed by atoms with Crippen molar-refractivity contribution in [3.05, 3.63) is 29.3 Å². The molecule has 0 aliphatic heterocycles. The van der Waals surface area contributed by atoms with E-state index in [4.69, 9.17) is 22.4 Å². The fourth-order valence-electron chi connectivity index (χ4n) is 1.68. The lowest BCUT2D eigenvalue weighted by atomic mass is 10.3. The van der Waals surface area contributed by atoms with Crippen LogP contribution in [0.3, 0.4) is 0 Å². The first-order chi connectivity index (χ1) is 9.86. The van der Waals surface area contributed by atoms with Gasteiger partial charge in [0.05, 0.1) is 13.1 Å². The Bertz CT molecular complexity index is 520. The molecule has 0 aromatic heterocycles. The van der Waals surface area contributed by atoms with E-state index < -0.39 is 11.9 Å². The van der Waals surface area contributed by atoms with E-state index in [1.54, 1.807) is 24.3 Å². The Morgan fingerprint density at radius 3 is 2.57 bits per heavy atom. The molecule has 21 heavy (non-hydrogen) atoms. The second-order valence-corrected chi connectivity index (χ2v) is 4.82. The van der Waals surface area contributed by atoms with E-state index in [9.17, 15) is 14.4 Å². The Hall–Kier alpha value is -2.12. The lowest BCUT2D eigenvalue weighted by Gasteiger charge is -2.17. The van der Waals surface area contributed by atoms with Gasteiger partial charge in [0.2, 0.25) is 11.8 Å². The number of nitrogens with one attached hydrogen (secondary N) is 1. The summed E-state index contributed by atoms with van der Waals surface area (Å²) in [5, 5.41) is 11.8. The molecule has 0 atom stereocenters. The number of hydrogen-bond acceptors (Lipinski definition) is 4. The van der Waals surface area contributed by atoms with Crippen LogP contribution in [-0.2, 0) is 14.4 Å². The number of rotatable bonds is 8. The van der Waals surface area contributed by atoms with Gasteiger partial charge in [-0.05, 0) is 18.2 Å². The van der Waals surface area contributed by atoms with Crippen LogP contribution in [0.5, 0.6) is 0 Å². The smallest absolute Gasteiger partial charge is 0.317 e. The summed E-state index contributed by atoms with van der Waals surface area (Å²) in [6, 6.07) is 6.65. The number of carboxylic acid groups (broad SMARTS) is 1. The third-order valence-electron chi connectivity index (χ3n) is 2.50. The molecule has 2 amide bonds. The maximum absolute atomic E-state index is 11.8. The van der Waals surface area contributed by atoms with Gasteiger partial charge in [0.1, 0.15) is 0 Å². The third-order valence-corrected chi connectivity index (χ3v) is 2.74. The topological polar surface area (TPSA) is 113 Å². The Morgan fingerprint density at radius 2 is 2.00 bits per heavy atom. The van der Waals surface area contributed by atoms with E-state index in [-0.39, 0.29) is 32.0 Å². The van der Waals surface area contributed by atoms with Crippen LogP contribution in [0, 0.1) is 0 Å². The fourth-order valence-corrected chi connectivity index (χ4v) is 1.87. The van der Waals surface area contributed by atoms with Crippen LogP contribution in [-0.4, -0.2) is 47.4 Å². The second kappa shape index (κ2) is 8.23. The predicted molar refractivity (Wildman–Crippen MR) is 78.0 cm³/mol.